The Morgan fingerprint density at radius 2 is 0.598 bits per heavy atom. The summed E-state index contributed by atoms with van der Waals surface area (Å²) in [5.41, 5.74) is 1.01. The van der Waals surface area contributed by atoms with Crippen molar-refractivity contribution < 1.29 is 115 Å². The summed E-state index contributed by atoms with van der Waals surface area (Å²) in [5.74, 6) is -3.78. The molecule has 6 fully saturated rings. The van der Waals surface area contributed by atoms with E-state index in [0.717, 1.165) is 47.5 Å². The lowest BCUT2D eigenvalue weighted by atomic mass is 9.98. The number of hydrogen-bond acceptors (Lipinski definition) is 19. The minimum atomic E-state index is -4.49. The van der Waals surface area contributed by atoms with E-state index in [9.17, 15) is 110 Å². The molecular weight excluding hydrogens is 1890 g/mol. The van der Waals surface area contributed by atoms with Gasteiger partial charge in [-0.15, -0.1) is 0 Å². The maximum absolute atomic E-state index is 13.0. The average molecular weight is 1990 g/mol. The number of alkyl halides is 6. The van der Waals surface area contributed by atoms with Gasteiger partial charge in [0, 0.05) is 128 Å². The minimum Gasteiger partial charge on any atom is -0.497 e. The van der Waals surface area contributed by atoms with E-state index < -0.39 is 119 Å². The van der Waals surface area contributed by atoms with Crippen LogP contribution in [-0.2, 0) is 101 Å². The fraction of sp³-hybridized carbons (Fsp3) is 0.481. The molecule has 46 heteroatoms. The molecule has 6 aliphatic heterocycles. The number of carbonyl (C=O) groups is 6. The van der Waals surface area contributed by atoms with Crippen molar-refractivity contribution in [1.29, 1.82) is 0 Å². The lowest BCUT2D eigenvalue weighted by molar-refractivity contribution is -0.138. The van der Waals surface area contributed by atoms with E-state index in [1.54, 1.807) is 67.8 Å². The maximum Gasteiger partial charge on any atom is 0.416 e. The summed E-state index contributed by atoms with van der Waals surface area (Å²) in [6, 6.07) is 35.4. The smallest absolute Gasteiger partial charge is 0.416 e. The number of nitrogens with one attached hydrogen (secondary N) is 6. The zero-order valence-electron chi connectivity index (χ0n) is 70.6. The second-order valence-corrected chi connectivity index (χ2v) is 44.4. The molecular formula is C81H105BrClF7N12O19S6. The lowest BCUT2D eigenvalue weighted by Crippen LogP contribution is -2.43. The number of amides is 6. The summed E-state index contributed by atoms with van der Waals surface area (Å²) in [7, 11) is -18.2. The van der Waals surface area contributed by atoms with Gasteiger partial charge in [0.2, 0.25) is 95.6 Å². The summed E-state index contributed by atoms with van der Waals surface area (Å²) >= 11 is 9.20. The first-order valence-corrected chi connectivity index (χ1v) is 52.2. The number of hydrogen-bond donors (Lipinski definition) is 6. The molecule has 702 valence electrons. The van der Waals surface area contributed by atoms with Crippen LogP contribution in [0.4, 0.5) is 64.9 Å². The third-order valence-corrected chi connectivity index (χ3v) is 29.2. The van der Waals surface area contributed by atoms with Gasteiger partial charge in [0.05, 0.1) is 91.3 Å². The molecule has 0 aliphatic carbocycles. The number of benzene rings is 6. The number of piperidine rings is 6. The van der Waals surface area contributed by atoms with Crippen LogP contribution in [0.3, 0.4) is 0 Å². The van der Waals surface area contributed by atoms with Gasteiger partial charge < -0.3 is 36.6 Å². The fourth-order valence-electron chi connectivity index (χ4n) is 14.1. The lowest BCUT2D eigenvalue weighted by Gasteiger charge is -2.30. The third kappa shape index (κ3) is 35.8. The first-order chi connectivity index (χ1) is 59.1. The Balaban J connectivity index is 0.000000209. The summed E-state index contributed by atoms with van der Waals surface area (Å²) in [4.78, 5) is 73.1. The van der Waals surface area contributed by atoms with Crippen LogP contribution in [0.5, 0.6) is 5.75 Å². The number of ether oxygens (including phenoxy) is 1. The van der Waals surface area contributed by atoms with Crippen LogP contribution in [0.2, 0.25) is 5.02 Å². The molecule has 0 aromatic heterocycles. The summed E-state index contributed by atoms with van der Waals surface area (Å²) in [6.45, 7) is 3.71. The van der Waals surface area contributed by atoms with Crippen molar-refractivity contribution in [3.05, 3.63) is 172 Å². The number of methoxy groups -OCH3 is 1. The number of halogens is 9. The molecule has 6 aromatic carbocycles. The predicted octanol–water partition coefficient (Wildman–Crippen LogP) is 11.4. The highest BCUT2D eigenvalue weighted by Gasteiger charge is 2.38. The van der Waals surface area contributed by atoms with E-state index in [2.05, 4.69) is 47.8 Å². The van der Waals surface area contributed by atoms with Crippen LogP contribution < -0.4 is 36.6 Å². The Bertz CT molecular complexity index is 5280. The average Bonchev–Trinajstić information content (AvgIpc) is 0.832. The van der Waals surface area contributed by atoms with Gasteiger partial charge >= 0.3 is 12.4 Å². The van der Waals surface area contributed by atoms with Crippen molar-refractivity contribution in [2.75, 3.05) is 155 Å². The molecule has 6 unspecified atom stereocenters. The molecule has 0 spiro atoms. The number of sulfonamides is 6. The summed E-state index contributed by atoms with van der Waals surface area (Å²) in [6.07, 6.45) is 5.53. The molecule has 6 aromatic rings. The summed E-state index contributed by atoms with van der Waals surface area (Å²) < 4.78 is 241. The molecule has 0 radical (unpaired) electrons. The van der Waals surface area contributed by atoms with Crippen LogP contribution in [0.1, 0.15) is 88.2 Å². The number of nitrogens with zero attached hydrogens (tertiary/aromatic N) is 6. The van der Waals surface area contributed by atoms with Gasteiger partial charge in [-0.3, -0.25) is 28.8 Å². The van der Waals surface area contributed by atoms with Crippen LogP contribution in [0.15, 0.2) is 150 Å². The van der Waals surface area contributed by atoms with Crippen LogP contribution in [0, 0.1) is 41.3 Å². The molecule has 12 rings (SSSR count). The Hall–Kier alpha value is -8.32. The van der Waals surface area contributed by atoms with E-state index in [-0.39, 0.29) is 92.0 Å². The van der Waals surface area contributed by atoms with Crippen molar-refractivity contribution in [1.82, 2.24) is 25.8 Å². The molecule has 6 aliphatic rings. The van der Waals surface area contributed by atoms with Crippen LogP contribution in [0.25, 0.3) is 0 Å². The van der Waals surface area contributed by atoms with Crippen molar-refractivity contribution in [2.45, 2.75) is 89.4 Å². The SMILES string of the molecule is COc1cccc(NC(=O)C2CCCN(S(C)(=O)=O)C2)c1.CS(=O)(=O)N1CCCC(C(=O)Nc2ccc(C(F)(F)F)cc2)C1.CS(=O)(=O)N1CCCC(C(=O)Nc2cccc(Br)c2)C1.CS(=O)(=O)N1CCCC(C(=O)Nc2cccc(C(F)(F)F)c2)C1.CS(=O)(=O)N1CCCC(C(=O)Nc2cccc(Cl)c2)C1.CS(=O)(=O)N1CCCC(C(=O)Nc2cccc(F)c2)C1. The van der Waals surface area contributed by atoms with Gasteiger partial charge in [-0.2, -0.15) is 26.3 Å². The Morgan fingerprint density at radius 1 is 0.339 bits per heavy atom. The molecule has 127 heavy (non-hydrogen) atoms. The van der Waals surface area contributed by atoms with Crippen molar-refractivity contribution >= 4 is 157 Å². The van der Waals surface area contributed by atoms with Crippen molar-refractivity contribution in [2.24, 2.45) is 35.5 Å². The van der Waals surface area contributed by atoms with Gasteiger partial charge in [0.15, 0.2) is 0 Å². The topological polar surface area (TPSA) is 408 Å². The fourth-order valence-corrected chi connectivity index (χ4v) is 20.2. The molecule has 6 amide bonds. The monoisotopic (exact) mass is 1990 g/mol. The molecule has 31 nitrogen and oxygen atoms in total. The largest absolute Gasteiger partial charge is 0.497 e. The van der Waals surface area contributed by atoms with E-state index >= 15 is 0 Å². The molecule has 0 bridgehead atoms. The third-order valence-electron chi connectivity index (χ3n) is 20.9. The van der Waals surface area contributed by atoms with Crippen molar-refractivity contribution in [3.8, 4) is 5.75 Å². The van der Waals surface area contributed by atoms with Crippen LogP contribution in [-0.4, -0.2) is 235 Å². The zero-order chi connectivity index (χ0) is 94.2. The Morgan fingerprint density at radius 3 is 0.882 bits per heavy atom. The van der Waals surface area contributed by atoms with Gasteiger partial charge in [-0.25, -0.2) is 80.7 Å². The van der Waals surface area contributed by atoms with Gasteiger partial charge in [0.1, 0.15) is 11.6 Å². The second-order valence-electron chi connectivity index (χ2n) is 31.1. The Labute approximate surface area is 750 Å². The van der Waals surface area contributed by atoms with Crippen molar-refractivity contribution in [3.63, 3.8) is 0 Å². The maximum atomic E-state index is 13.0. The molecule has 0 saturated carbocycles. The standard InChI is InChI=1S/2C14H17F3N2O3S.C14H20N2O4S.C13H17BrN2O3S.C13H17ClN2O3S.C13H17FN2O3S/c1-23(21,22)19-7-3-4-10(9-19)13(20)18-12-6-2-5-11(8-12)14(15,16)17;1-23(21,22)19-8-2-3-10(9-19)13(20)18-12-6-4-11(5-7-12)14(15,16)17;1-20-13-7-3-6-12(9-13)15-14(17)11-5-4-8-16(10-11)21(2,18)19;3*1-20(18,19)16-7-3-4-10(9-16)13(17)15-12-6-2-5-11(14)8-12/h2,5-6,8,10H,3-4,7,9H2,1H3,(H,18,20);4-7,10H,2-3,8-9H2,1H3,(H,18,20);3,6-7,9,11H,4-5,8,10H2,1-2H3,(H,15,17);3*2,5-6,8,10H,3-4,7,9H2,1H3,(H,15,17). The first-order valence-electron chi connectivity index (χ1n) is 39.9. The van der Waals surface area contributed by atoms with E-state index in [0.29, 0.717) is 150 Å². The van der Waals surface area contributed by atoms with E-state index in [1.807, 2.05) is 18.2 Å². The van der Waals surface area contributed by atoms with E-state index in [4.69, 9.17) is 16.3 Å². The van der Waals surface area contributed by atoms with Gasteiger partial charge in [-0.05, 0) is 186 Å². The number of anilines is 6. The summed E-state index contributed by atoms with van der Waals surface area (Å²) in [5, 5.41) is 16.6. The van der Waals surface area contributed by atoms with Gasteiger partial charge in [-0.1, -0.05) is 57.9 Å². The van der Waals surface area contributed by atoms with Gasteiger partial charge in [0.25, 0.3) is 0 Å². The zero-order valence-corrected chi connectivity index (χ0v) is 77.8. The number of rotatable bonds is 19. The molecule has 6 N–H and O–H groups in total. The predicted molar refractivity (Wildman–Crippen MR) is 474 cm³/mol. The highest BCUT2D eigenvalue weighted by atomic mass is 79.9. The first kappa shape index (κ1) is 106. The number of carbonyl (C=O) groups excluding carboxylic acids is 6. The minimum absolute atomic E-state index is 0.0429. The molecule has 6 atom stereocenters. The highest BCUT2D eigenvalue weighted by molar-refractivity contribution is 9.10. The quantitative estimate of drug-likeness (QED) is 0.0410. The normalized spacial score (nSPS) is 20.4. The Kier molecular flexibility index (Phi) is 39.1. The highest BCUT2D eigenvalue weighted by Crippen LogP contribution is 2.34. The molecule has 6 heterocycles. The second kappa shape index (κ2) is 47.0. The van der Waals surface area contributed by atoms with E-state index in [1.165, 1.54) is 87.1 Å². The van der Waals surface area contributed by atoms with Crippen LogP contribution >= 0.6 is 27.5 Å². The molecule has 6 saturated heterocycles.